The van der Waals surface area contributed by atoms with Crippen LogP contribution in [0.4, 0.5) is 0 Å². The van der Waals surface area contributed by atoms with Gasteiger partial charge >= 0.3 is 11.9 Å². The largest absolute Gasteiger partial charge is 0.463 e. The predicted molar refractivity (Wildman–Crippen MR) is 219 cm³/mol. The molecule has 0 aromatic heterocycles. The summed E-state index contributed by atoms with van der Waals surface area (Å²) in [5, 5.41) is 2.25. The number of esters is 2. The van der Waals surface area contributed by atoms with Crippen molar-refractivity contribution in [2.75, 3.05) is 13.2 Å². The second-order valence-electron chi connectivity index (χ2n) is 12.8. The molecule has 0 unspecified atom stereocenters. The van der Waals surface area contributed by atoms with Gasteiger partial charge in [-0.25, -0.2) is 9.59 Å². The van der Waals surface area contributed by atoms with E-state index in [1.165, 1.54) is 28.8 Å². The van der Waals surface area contributed by atoms with Gasteiger partial charge in [0.25, 0.3) is 0 Å². The Morgan fingerprint density at radius 3 is 1.83 bits per heavy atom. The first kappa shape index (κ1) is 38.8. The van der Waals surface area contributed by atoms with Gasteiger partial charge in [-0.3, -0.25) is 0 Å². The van der Waals surface area contributed by atoms with Crippen LogP contribution >= 0.6 is 0 Å². The summed E-state index contributed by atoms with van der Waals surface area (Å²) in [4.78, 5) is 22.2. The third-order valence-corrected chi connectivity index (χ3v) is 8.85. The summed E-state index contributed by atoms with van der Waals surface area (Å²) in [7, 11) is 0. The molecule has 0 N–H and O–H groups in total. The molecule has 0 fully saturated rings. The zero-order valence-corrected chi connectivity index (χ0v) is 31.0. The first-order chi connectivity index (χ1) is 26.4. The number of hydrogen-bond acceptors (Lipinski definition) is 4. The quantitative estimate of drug-likeness (QED) is 0.0674. The number of aryl methyl sites for hydroxylation is 2. The van der Waals surface area contributed by atoms with Crippen molar-refractivity contribution in [3.63, 3.8) is 0 Å². The van der Waals surface area contributed by atoms with Gasteiger partial charge in [0.1, 0.15) is 0 Å². The van der Waals surface area contributed by atoms with Crippen molar-refractivity contribution < 1.29 is 19.1 Å². The zero-order valence-electron chi connectivity index (χ0n) is 31.0. The predicted octanol–water partition coefficient (Wildman–Crippen LogP) is 9.69. The maximum absolute atomic E-state index is 11.1. The Hall–Kier alpha value is -6.46. The number of unbranched alkanes of at least 4 members (excludes halogenated alkanes) is 4. The molecule has 4 nitrogen and oxygen atoms in total. The fourth-order valence-corrected chi connectivity index (χ4v) is 5.87. The van der Waals surface area contributed by atoms with Crippen LogP contribution in [-0.2, 0) is 31.9 Å². The minimum absolute atomic E-state index is 0.378. The molecule has 0 spiro atoms. The van der Waals surface area contributed by atoms with E-state index in [4.69, 9.17) is 9.47 Å². The van der Waals surface area contributed by atoms with E-state index in [1.54, 1.807) is 0 Å². The molecule has 4 heteroatoms. The van der Waals surface area contributed by atoms with Crippen LogP contribution in [0.5, 0.6) is 0 Å². The van der Waals surface area contributed by atoms with Crippen molar-refractivity contribution in [2.24, 2.45) is 0 Å². The highest BCUT2D eigenvalue weighted by Crippen LogP contribution is 2.25. The van der Waals surface area contributed by atoms with Crippen molar-refractivity contribution in [1.29, 1.82) is 0 Å². The second-order valence-corrected chi connectivity index (χ2v) is 12.8. The molecule has 268 valence electrons. The van der Waals surface area contributed by atoms with Gasteiger partial charge in [-0.05, 0) is 133 Å². The third-order valence-electron chi connectivity index (χ3n) is 8.85. The minimum Gasteiger partial charge on any atom is -0.463 e. The van der Waals surface area contributed by atoms with E-state index in [2.05, 4.69) is 134 Å². The third kappa shape index (κ3) is 12.1. The van der Waals surface area contributed by atoms with Gasteiger partial charge in [0.2, 0.25) is 0 Å². The minimum atomic E-state index is -0.385. The Labute approximate surface area is 320 Å². The number of hydrogen-bond donors (Lipinski definition) is 0. The molecule has 54 heavy (non-hydrogen) atoms. The highest BCUT2D eigenvalue weighted by molar-refractivity contribution is 5.85. The van der Waals surface area contributed by atoms with Crippen LogP contribution in [0.3, 0.4) is 0 Å². The summed E-state index contributed by atoms with van der Waals surface area (Å²) >= 11 is 0. The van der Waals surface area contributed by atoms with E-state index in [0.29, 0.717) is 13.2 Å². The number of fused-ring (bicyclic) bond motifs is 2. The standard InChI is InChI=1S/C50H44O4/c1-4-43-33-40(17-18-41-23-29-45-34-38(21-27-47(45)36-41)15-11-7-9-13-31-53-49(51)5-2)19-25-44(43)26-20-42-24-30-46-35-39(22-28-48(46)37-42)16-12-8-10-14-32-54-50(52)6-3/h5-6,19,21,23-25,27,29-30,33-37H,2-4,7-10,13-14,22,28,31-32H2,1H3. The van der Waals surface area contributed by atoms with Gasteiger partial charge in [-0.1, -0.05) is 85.6 Å². The molecule has 5 rings (SSSR count). The second kappa shape index (κ2) is 20.5. The van der Waals surface area contributed by atoms with Crippen molar-refractivity contribution in [2.45, 2.75) is 64.7 Å². The van der Waals surface area contributed by atoms with Crippen molar-refractivity contribution >= 4 is 28.8 Å². The van der Waals surface area contributed by atoms with Gasteiger partial charge < -0.3 is 9.47 Å². The Kier molecular flexibility index (Phi) is 14.7. The fraction of sp³-hybridized carbons (Fsp3) is 0.240. The summed E-state index contributed by atoms with van der Waals surface area (Å²) < 4.78 is 10.0. The molecule has 0 amide bonds. The van der Waals surface area contributed by atoms with Crippen molar-refractivity contribution in [3.05, 3.63) is 148 Å². The van der Waals surface area contributed by atoms with E-state index < -0.39 is 0 Å². The van der Waals surface area contributed by atoms with E-state index in [0.717, 1.165) is 102 Å². The number of rotatable bonds is 11. The van der Waals surface area contributed by atoms with Crippen LogP contribution < -0.4 is 0 Å². The Balaban J connectivity index is 1.16. The van der Waals surface area contributed by atoms with E-state index in [-0.39, 0.29) is 11.9 Å². The molecule has 0 bridgehead atoms. The van der Waals surface area contributed by atoms with Crippen LogP contribution in [0, 0.1) is 47.4 Å². The summed E-state index contributed by atoms with van der Waals surface area (Å²) in [6.07, 6.45) is 12.2. The average molecular weight is 709 g/mol. The maximum Gasteiger partial charge on any atom is 0.330 e. The summed E-state index contributed by atoms with van der Waals surface area (Å²) in [5.74, 6) is 25.8. The van der Waals surface area contributed by atoms with Crippen molar-refractivity contribution in [1.82, 2.24) is 0 Å². The molecule has 0 atom stereocenters. The van der Waals surface area contributed by atoms with E-state index >= 15 is 0 Å². The van der Waals surface area contributed by atoms with Crippen LogP contribution in [-0.4, -0.2) is 25.2 Å². The molecule has 1 aliphatic rings. The van der Waals surface area contributed by atoms with Crippen LogP contribution in [0.25, 0.3) is 16.8 Å². The van der Waals surface area contributed by atoms with Crippen LogP contribution in [0.15, 0.2) is 104 Å². The Bertz CT molecular complexity index is 2330. The monoisotopic (exact) mass is 708 g/mol. The first-order valence-corrected chi connectivity index (χ1v) is 18.5. The summed E-state index contributed by atoms with van der Waals surface area (Å²) in [5.41, 5.74) is 9.78. The molecular formula is C50H44O4. The smallest absolute Gasteiger partial charge is 0.330 e. The number of ether oxygens (including phenoxy) is 2. The van der Waals surface area contributed by atoms with Crippen LogP contribution in [0.2, 0.25) is 0 Å². The number of carbonyl (C=O) groups is 2. The van der Waals surface area contributed by atoms with Gasteiger partial charge in [0.05, 0.1) is 13.2 Å². The zero-order chi connectivity index (χ0) is 38.0. The average Bonchev–Trinajstić information content (AvgIpc) is 3.21. The lowest BCUT2D eigenvalue weighted by Crippen LogP contribution is -2.01. The van der Waals surface area contributed by atoms with E-state index in [9.17, 15) is 9.59 Å². The normalized spacial score (nSPS) is 11.0. The molecule has 0 aliphatic heterocycles. The number of benzene rings is 4. The lowest BCUT2D eigenvalue weighted by Gasteiger charge is -2.13. The Morgan fingerprint density at radius 1 is 0.630 bits per heavy atom. The van der Waals surface area contributed by atoms with Gasteiger partial charge in [0.15, 0.2) is 0 Å². The highest BCUT2D eigenvalue weighted by Gasteiger charge is 2.10. The molecule has 1 aliphatic carbocycles. The Morgan fingerprint density at radius 2 is 1.19 bits per heavy atom. The lowest BCUT2D eigenvalue weighted by molar-refractivity contribution is -0.138. The number of carbonyl (C=O) groups excluding carboxylic acids is 2. The fourth-order valence-electron chi connectivity index (χ4n) is 5.87. The van der Waals surface area contributed by atoms with Crippen molar-refractivity contribution in [3.8, 4) is 47.4 Å². The van der Waals surface area contributed by atoms with E-state index in [1.807, 2.05) is 12.1 Å². The molecule has 0 radical (unpaired) electrons. The van der Waals surface area contributed by atoms with Gasteiger partial charge in [-0.2, -0.15) is 0 Å². The van der Waals surface area contributed by atoms with Gasteiger partial charge in [-0.15, -0.1) is 0 Å². The topological polar surface area (TPSA) is 52.6 Å². The molecule has 4 aromatic carbocycles. The molecular weight excluding hydrogens is 665 g/mol. The SMILES string of the molecule is C=CC(=O)OCCCCC#CC1=Cc2ccc(C#Cc3ccc(C#Cc4ccc5cc(C#CCCCCOC(=O)C=C)ccc5c4)cc3CC)cc2CC1. The molecule has 4 aromatic rings. The summed E-state index contributed by atoms with van der Waals surface area (Å²) in [6, 6.07) is 25.2. The molecule has 0 heterocycles. The van der Waals surface area contributed by atoms with Gasteiger partial charge in [0, 0.05) is 58.4 Å². The first-order valence-electron chi connectivity index (χ1n) is 18.5. The highest BCUT2D eigenvalue weighted by atomic mass is 16.5. The maximum atomic E-state index is 11.1. The number of allylic oxidation sites excluding steroid dienone is 1. The lowest BCUT2D eigenvalue weighted by atomic mass is 9.91. The summed E-state index contributed by atoms with van der Waals surface area (Å²) in [6.45, 7) is 9.75. The van der Waals surface area contributed by atoms with Crippen LogP contribution in [0.1, 0.15) is 96.4 Å². The molecule has 0 saturated heterocycles. The molecule has 0 saturated carbocycles.